The van der Waals surface area contributed by atoms with Gasteiger partial charge in [0.15, 0.2) is 0 Å². The first kappa shape index (κ1) is 20.2. The van der Waals surface area contributed by atoms with Crippen LogP contribution in [0.1, 0.15) is 31.1 Å². The fourth-order valence-corrected chi connectivity index (χ4v) is 3.66. The Morgan fingerprint density at radius 3 is 2.77 bits per heavy atom. The van der Waals surface area contributed by atoms with E-state index in [0.29, 0.717) is 42.5 Å². The third-order valence-electron chi connectivity index (χ3n) is 5.14. The molecule has 0 radical (unpaired) electrons. The molecule has 1 unspecified atom stereocenters. The number of carbonyl (C=O) groups excluding carboxylic acids is 1. The average molecular weight is 412 g/mol. The van der Waals surface area contributed by atoms with E-state index in [9.17, 15) is 13.6 Å². The van der Waals surface area contributed by atoms with Gasteiger partial charge in [-0.2, -0.15) is 4.98 Å². The largest absolute Gasteiger partial charge is 0.339 e. The molecule has 2 aromatic carbocycles. The van der Waals surface area contributed by atoms with Crippen molar-refractivity contribution in [3.05, 3.63) is 66.1 Å². The van der Waals surface area contributed by atoms with Crippen LogP contribution in [0.3, 0.4) is 0 Å². The molecule has 1 saturated heterocycles. The molecule has 1 fully saturated rings. The van der Waals surface area contributed by atoms with Crippen molar-refractivity contribution in [2.45, 2.75) is 25.2 Å². The van der Waals surface area contributed by atoms with Crippen molar-refractivity contribution in [2.24, 2.45) is 0 Å². The molecule has 1 amide bonds. The van der Waals surface area contributed by atoms with Gasteiger partial charge in [0.05, 0.1) is 5.92 Å². The number of nitrogens with one attached hydrogen (secondary N) is 1. The molecule has 6 nitrogen and oxygen atoms in total. The lowest BCUT2D eigenvalue weighted by atomic mass is 9.98. The van der Waals surface area contributed by atoms with Crippen LogP contribution < -0.4 is 5.32 Å². The van der Waals surface area contributed by atoms with Gasteiger partial charge in [0.1, 0.15) is 11.6 Å². The normalized spacial score (nSPS) is 17.1. The van der Waals surface area contributed by atoms with Crippen molar-refractivity contribution in [2.75, 3.05) is 25.0 Å². The maximum Gasteiger partial charge on any atom is 0.231 e. The highest BCUT2D eigenvalue weighted by Gasteiger charge is 2.26. The molecular weight excluding hydrogens is 390 g/mol. The maximum atomic E-state index is 13.4. The summed E-state index contributed by atoms with van der Waals surface area (Å²) in [5, 5.41) is 6.70. The number of benzene rings is 2. The lowest BCUT2D eigenvalue weighted by molar-refractivity contribution is -0.116. The summed E-state index contributed by atoms with van der Waals surface area (Å²) in [7, 11) is 0. The first-order valence-corrected chi connectivity index (χ1v) is 9.94. The van der Waals surface area contributed by atoms with Crippen LogP contribution in [0, 0.1) is 11.6 Å². The van der Waals surface area contributed by atoms with Gasteiger partial charge in [-0.25, -0.2) is 8.78 Å². The van der Waals surface area contributed by atoms with Crippen molar-refractivity contribution < 1.29 is 18.1 Å². The van der Waals surface area contributed by atoms with Crippen LogP contribution in [0.5, 0.6) is 0 Å². The number of anilines is 1. The molecule has 0 aliphatic carbocycles. The summed E-state index contributed by atoms with van der Waals surface area (Å²) in [4.78, 5) is 18.8. The number of likely N-dealkylation sites (tertiary alicyclic amines) is 1. The Hall–Kier alpha value is -3.13. The Labute approximate surface area is 172 Å². The predicted molar refractivity (Wildman–Crippen MR) is 108 cm³/mol. The van der Waals surface area contributed by atoms with E-state index in [1.54, 1.807) is 24.3 Å². The van der Waals surface area contributed by atoms with E-state index >= 15 is 0 Å². The van der Waals surface area contributed by atoms with Crippen LogP contribution in [0.4, 0.5) is 14.5 Å². The minimum Gasteiger partial charge on any atom is -0.339 e. The zero-order chi connectivity index (χ0) is 20.9. The summed E-state index contributed by atoms with van der Waals surface area (Å²) < 4.78 is 32.1. The van der Waals surface area contributed by atoms with Crippen LogP contribution >= 0.6 is 0 Å². The molecule has 1 aliphatic rings. The first-order chi connectivity index (χ1) is 14.6. The van der Waals surface area contributed by atoms with Gasteiger partial charge >= 0.3 is 0 Å². The quantitative estimate of drug-likeness (QED) is 0.656. The highest BCUT2D eigenvalue weighted by molar-refractivity contribution is 5.90. The predicted octanol–water partition coefficient (Wildman–Crippen LogP) is 4.22. The molecule has 4 rings (SSSR count). The van der Waals surface area contributed by atoms with Gasteiger partial charge in [-0.3, -0.25) is 4.79 Å². The number of rotatable bonds is 6. The summed E-state index contributed by atoms with van der Waals surface area (Å²) in [6.07, 6.45) is 2.17. The topological polar surface area (TPSA) is 71.3 Å². The van der Waals surface area contributed by atoms with E-state index in [1.807, 2.05) is 0 Å². The average Bonchev–Trinajstić information content (AvgIpc) is 3.23. The van der Waals surface area contributed by atoms with Gasteiger partial charge in [-0.15, -0.1) is 0 Å². The van der Waals surface area contributed by atoms with Gasteiger partial charge < -0.3 is 14.7 Å². The monoisotopic (exact) mass is 412 g/mol. The second-order valence-corrected chi connectivity index (χ2v) is 7.41. The van der Waals surface area contributed by atoms with Crippen LogP contribution in [0.2, 0.25) is 0 Å². The molecule has 2 heterocycles. The SMILES string of the molecule is O=C(CCN1CCCC(c2nc(-c3cccc(F)c3)no2)C1)Nc1cccc(F)c1. The molecule has 8 heteroatoms. The smallest absolute Gasteiger partial charge is 0.231 e. The third kappa shape index (κ3) is 5.07. The molecule has 1 N–H and O–H groups in total. The number of carbonyl (C=O) groups is 1. The van der Waals surface area contributed by atoms with E-state index in [0.717, 1.165) is 19.4 Å². The number of aromatic nitrogens is 2. The lowest BCUT2D eigenvalue weighted by Gasteiger charge is -2.30. The number of piperidine rings is 1. The summed E-state index contributed by atoms with van der Waals surface area (Å²) in [6.45, 7) is 2.18. The zero-order valence-electron chi connectivity index (χ0n) is 16.4. The molecule has 3 aromatic rings. The Kier molecular flexibility index (Phi) is 6.13. The molecule has 1 aliphatic heterocycles. The van der Waals surface area contributed by atoms with E-state index in [2.05, 4.69) is 20.4 Å². The van der Waals surface area contributed by atoms with Gasteiger partial charge in [0.25, 0.3) is 0 Å². The highest BCUT2D eigenvalue weighted by atomic mass is 19.1. The van der Waals surface area contributed by atoms with Crippen LogP contribution in [-0.2, 0) is 4.79 Å². The Balaban J connectivity index is 1.32. The Morgan fingerprint density at radius 1 is 1.17 bits per heavy atom. The van der Waals surface area contributed by atoms with E-state index in [-0.39, 0.29) is 23.5 Å². The van der Waals surface area contributed by atoms with Crippen molar-refractivity contribution in [3.8, 4) is 11.4 Å². The fraction of sp³-hybridized carbons (Fsp3) is 0.318. The van der Waals surface area contributed by atoms with Gasteiger partial charge in [-0.05, 0) is 49.7 Å². The Bertz CT molecular complexity index is 1020. The number of nitrogens with zero attached hydrogens (tertiary/aromatic N) is 3. The minimum absolute atomic E-state index is 0.0693. The highest BCUT2D eigenvalue weighted by Crippen LogP contribution is 2.27. The number of hydrogen-bond donors (Lipinski definition) is 1. The van der Waals surface area contributed by atoms with Crippen LogP contribution in [0.25, 0.3) is 11.4 Å². The van der Waals surface area contributed by atoms with Gasteiger partial charge in [-0.1, -0.05) is 23.4 Å². The Morgan fingerprint density at radius 2 is 1.97 bits per heavy atom. The molecule has 1 aromatic heterocycles. The molecule has 1 atom stereocenters. The van der Waals surface area contributed by atoms with E-state index in [4.69, 9.17) is 4.52 Å². The minimum atomic E-state index is -0.385. The van der Waals surface area contributed by atoms with Gasteiger partial charge in [0.2, 0.25) is 17.6 Å². The maximum absolute atomic E-state index is 13.4. The van der Waals surface area contributed by atoms with E-state index in [1.165, 1.54) is 24.3 Å². The van der Waals surface area contributed by atoms with Crippen LogP contribution in [0.15, 0.2) is 53.1 Å². The van der Waals surface area contributed by atoms with Crippen molar-refractivity contribution in [1.82, 2.24) is 15.0 Å². The van der Waals surface area contributed by atoms with Crippen molar-refractivity contribution in [1.29, 1.82) is 0 Å². The summed E-state index contributed by atoms with van der Waals surface area (Å²) in [6, 6.07) is 11.9. The summed E-state index contributed by atoms with van der Waals surface area (Å²) >= 11 is 0. The number of halogens is 2. The van der Waals surface area contributed by atoms with Gasteiger partial charge in [0, 0.05) is 30.8 Å². The number of hydrogen-bond acceptors (Lipinski definition) is 5. The van der Waals surface area contributed by atoms with Crippen molar-refractivity contribution >= 4 is 11.6 Å². The standard InChI is InChI=1S/C22H22F2N4O2/c23-17-6-1-4-15(12-17)21-26-22(30-27-21)16-5-3-10-28(14-16)11-9-20(29)25-19-8-2-7-18(24)13-19/h1-2,4,6-8,12-13,16H,3,5,9-11,14H2,(H,25,29). The molecular formula is C22H22F2N4O2. The molecule has 0 saturated carbocycles. The fourth-order valence-electron chi connectivity index (χ4n) is 3.66. The lowest BCUT2D eigenvalue weighted by Crippen LogP contribution is -2.36. The first-order valence-electron chi connectivity index (χ1n) is 9.94. The summed E-state index contributed by atoms with van der Waals surface area (Å²) in [5.41, 5.74) is 1.03. The third-order valence-corrected chi connectivity index (χ3v) is 5.14. The molecule has 156 valence electrons. The van der Waals surface area contributed by atoms with E-state index < -0.39 is 0 Å². The second kappa shape index (κ2) is 9.13. The molecule has 0 spiro atoms. The molecule has 0 bridgehead atoms. The van der Waals surface area contributed by atoms with Crippen molar-refractivity contribution in [3.63, 3.8) is 0 Å². The summed E-state index contributed by atoms with van der Waals surface area (Å²) in [5.74, 6) is 0.0797. The zero-order valence-corrected chi connectivity index (χ0v) is 16.4. The number of amides is 1. The van der Waals surface area contributed by atoms with Crippen LogP contribution in [-0.4, -0.2) is 40.6 Å². The second-order valence-electron chi connectivity index (χ2n) is 7.41. The molecule has 30 heavy (non-hydrogen) atoms.